The summed E-state index contributed by atoms with van der Waals surface area (Å²) in [4.78, 5) is 13.1. The van der Waals surface area contributed by atoms with E-state index in [1.54, 1.807) is 0 Å². The normalized spacial score (nSPS) is 15.6. The molecule has 1 saturated carbocycles. The topological polar surface area (TPSA) is 54.3 Å². The Morgan fingerprint density at radius 2 is 1.72 bits per heavy atom. The highest BCUT2D eigenvalue weighted by atomic mass is 35.5. The predicted molar refractivity (Wildman–Crippen MR) is 133 cm³/mol. The van der Waals surface area contributed by atoms with Crippen molar-refractivity contribution < 1.29 is 9.21 Å². The van der Waals surface area contributed by atoms with Crippen LogP contribution in [-0.2, 0) is 5.41 Å². The van der Waals surface area contributed by atoms with Gasteiger partial charge in [-0.15, -0.1) is 0 Å². The number of carbonyl (C=O) groups is 1. The van der Waals surface area contributed by atoms with Gasteiger partial charge in [-0.1, -0.05) is 70.3 Å². The maximum absolute atomic E-state index is 13.1. The van der Waals surface area contributed by atoms with E-state index in [1.807, 2.05) is 24.5 Å². The number of amides is 2. The van der Waals surface area contributed by atoms with Crippen LogP contribution in [0.25, 0.3) is 11.0 Å². The number of hydrogen-bond donors (Lipinski definition) is 2. The minimum atomic E-state index is -0.155. The molecule has 2 N–H and O–H groups in total. The molecule has 4 rings (SSSR count). The van der Waals surface area contributed by atoms with Gasteiger partial charge in [-0.05, 0) is 54.0 Å². The molecule has 32 heavy (non-hydrogen) atoms. The highest BCUT2D eigenvalue weighted by Gasteiger charge is 2.38. The number of carbonyl (C=O) groups excluding carboxylic acids is 1. The van der Waals surface area contributed by atoms with Crippen LogP contribution in [-0.4, -0.2) is 12.6 Å². The predicted octanol–water partition coefficient (Wildman–Crippen LogP) is 7.97. The molecule has 3 aromatic rings. The smallest absolute Gasteiger partial charge is 0.319 e. The first-order valence-corrected chi connectivity index (χ1v) is 12.0. The van der Waals surface area contributed by atoms with Gasteiger partial charge in [0.25, 0.3) is 0 Å². The summed E-state index contributed by atoms with van der Waals surface area (Å²) in [5.41, 5.74) is 5.13. The molecule has 0 atom stereocenters. The quantitative estimate of drug-likeness (QED) is 0.398. The third-order valence-corrected chi connectivity index (χ3v) is 7.10. The number of hydrogen-bond acceptors (Lipinski definition) is 2. The van der Waals surface area contributed by atoms with Crippen LogP contribution in [0.5, 0.6) is 0 Å². The Balaban J connectivity index is 1.57. The molecule has 5 heteroatoms. The molecule has 170 valence electrons. The van der Waals surface area contributed by atoms with E-state index in [1.165, 1.54) is 0 Å². The van der Waals surface area contributed by atoms with Crippen LogP contribution >= 0.6 is 11.6 Å². The molecule has 0 bridgehead atoms. The minimum Gasteiger partial charge on any atom is -0.464 e. The molecule has 1 aliphatic carbocycles. The summed E-state index contributed by atoms with van der Waals surface area (Å²) >= 11 is 6.28. The first kappa shape index (κ1) is 22.7. The van der Waals surface area contributed by atoms with Gasteiger partial charge in [0.05, 0.1) is 6.26 Å². The van der Waals surface area contributed by atoms with Crippen LogP contribution in [0.3, 0.4) is 0 Å². The fraction of sp³-hybridized carbons (Fsp3) is 0.444. The van der Waals surface area contributed by atoms with E-state index in [9.17, 15) is 4.79 Å². The molecular formula is C27H33ClN2O2. The second kappa shape index (κ2) is 9.19. The van der Waals surface area contributed by atoms with Crippen LogP contribution in [0.4, 0.5) is 10.5 Å². The van der Waals surface area contributed by atoms with E-state index in [0.29, 0.717) is 23.4 Å². The number of furan rings is 1. The van der Waals surface area contributed by atoms with Crippen molar-refractivity contribution in [3.05, 3.63) is 64.4 Å². The average Bonchev–Trinajstić information content (AvgIpc) is 3.39. The van der Waals surface area contributed by atoms with Gasteiger partial charge in [0.15, 0.2) is 0 Å². The maximum Gasteiger partial charge on any atom is 0.319 e. The van der Waals surface area contributed by atoms with Crippen LogP contribution in [0, 0.1) is 0 Å². The van der Waals surface area contributed by atoms with E-state index in [2.05, 4.69) is 56.5 Å². The summed E-state index contributed by atoms with van der Waals surface area (Å²) in [6, 6.07) is 11.9. The lowest BCUT2D eigenvalue weighted by Gasteiger charge is -2.29. The molecule has 0 spiro atoms. The lowest BCUT2D eigenvalue weighted by molar-refractivity contribution is 0.248. The highest BCUT2D eigenvalue weighted by molar-refractivity contribution is 6.31. The highest BCUT2D eigenvalue weighted by Crippen LogP contribution is 2.44. The zero-order valence-corrected chi connectivity index (χ0v) is 20.2. The van der Waals surface area contributed by atoms with Crippen molar-refractivity contribution in [3.63, 3.8) is 0 Å². The Bertz CT molecular complexity index is 1080. The number of benzene rings is 2. The number of urea groups is 1. The second-order valence-electron chi connectivity index (χ2n) is 9.71. The van der Waals surface area contributed by atoms with Crippen molar-refractivity contribution in [3.8, 4) is 0 Å². The van der Waals surface area contributed by atoms with Crippen LogP contribution in [0.2, 0.25) is 5.02 Å². The summed E-state index contributed by atoms with van der Waals surface area (Å²) in [5, 5.41) is 8.12. The monoisotopic (exact) mass is 452 g/mol. The fourth-order valence-electron chi connectivity index (χ4n) is 5.11. The molecule has 0 radical (unpaired) electrons. The van der Waals surface area contributed by atoms with Crippen LogP contribution in [0.1, 0.15) is 81.9 Å². The number of fused-ring (bicyclic) bond motifs is 1. The van der Waals surface area contributed by atoms with Crippen molar-refractivity contribution in [2.45, 2.75) is 70.6 Å². The summed E-state index contributed by atoms with van der Waals surface area (Å²) < 4.78 is 5.84. The van der Waals surface area contributed by atoms with Gasteiger partial charge in [-0.3, -0.25) is 0 Å². The molecule has 1 aliphatic rings. The van der Waals surface area contributed by atoms with Gasteiger partial charge in [0.2, 0.25) is 0 Å². The summed E-state index contributed by atoms with van der Waals surface area (Å²) in [7, 11) is 0. The molecule has 4 nitrogen and oxygen atoms in total. The largest absolute Gasteiger partial charge is 0.464 e. The lowest BCUT2D eigenvalue weighted by Crippen LogP contribution is -2.41. The standard InChI is InChI=1S/C27H33ClN2O2/c1-17(2)20-8-7-9-21(18(3)4)25(20)30-26(31)29-16-27(12-5-6-13-27)23-15-32-24-11-10-19(28)14-22(23)24/h7-11,14-15,17-18H,5-6,12-13,16H2,1-4H3,(H2,29,30,31). The van der Waals surface area contributed by atoms with Gasteiger partial charge in [0, 0.05) is 33.6 Å². The van der Waals surface area contributed by atoms with Crippen molar-refractivity contribution in [1.29, 1.82) is 0 Å². The van der Waals surface area contributed by atoms with E-state index < -0.39 is 0 Å². The van der Waals surface area contributed by atoms with Gasteiger partial charge in [0.1, 0.15) is 5.58 Å². The van der Waals surface area contributed by atoms with Crippen molar-refractivity contribution >= 4 is 34.3 Å². The van der Waals surface area contributed by atoms with E-state index in [0.717, 1.165) is 59.0 Å². The maximum atomic E-state index is 13.1. The van der Waals surface area contributed by atoms with Crippen LogP contribution < -0.4 is 10.6 Å². The third-order valence-electron chi connectivity index (χ3n) is 6.87. The number of anilines is 1. The molecule has 1 fully saturated rings. The molecule has 2 aromatic carbocycles. The van der Waals surface area contributed by atoms with Crippen LogP contribution in [0.15, 0.2) is 47.1 Å². The Morgan fingerprint density at radius 1 is 1.06 bits per heavy atom. The molecule has 0 unspecified atom stereocenters. The third kappa shape index (κ3) is 4.38. The van der Waals surface area contributed by atoms with Crippen molar-refractivity contribution in [2.75, 3.05) is 11.9 Å². The first-order chi connectivity index (χ1) is 15.3. The first-order valence-electron chi connectivity index (χ1n) is 11.7. The SMILES string of the molecule is CC(C)c1cccc(C(C)C)c1NC(=O)NCC1(c2coc3ccc(Cl)cc23)CCCC1. The zero-order valence-electron chi connectivity index (χ0n) is 19.4. The van der Waals surface area contributed by atoms with Gasteiger partial charge in [-0.25, -0.2) is 4.79 Å². The van der Waals surface area contributed by atoms with E-state index in [4.69, 9.17) is 16.0 Å². The van der Waals surface area contributed by atoms with E-state index >= 15 is 0 Å². The molecule has 1 heterocycles. The number of halogens is 1. The Kier molecular flexibility index (Phi) is 6.52. The lowest BCUT2D eigenvalue weighted by atomic mass is 9.78. The molecule has 0 saturated heterocycles. The average molecular weight is 453 g/mol. The van der Waals surface area contributed by atoms with Crippen molar-refractivity contribution in [2.24, 2.45) is 0 Å². The Hall–Kier alpha value is -2.46. The molecule has 2 amide bonds. The zero-order chi connectivity index (χ0) is 22.9. The minimum absolute atomic E-state index is 0.133. The number of rotatable bonds is 6. The number of para-hydroxylation sites is 1. The number of nitrogens with one attached hydrogen (secondary N) is 2. The fourth-order valence-corrected chi connectivity index (χ4v) is 5.28. The Morgan fingerprint density at radius 3 is 2.34 bits per heavy atom. The summed E-state index contributed by atoms with van der Waals surface area (Å²) in [5.74, 6) is 0.652. The van der Waals surface area contributed by atoms with Crippen molar-refractivity contribution in [1.82, 2.24) is 5.32 Å². The Labute approximate surface area is 195 Å². The van der Waals surface area contributed by atoms with Gasteiger partial charge >= 0.3 is 6.03 Å². The van der Waals surface area contributed by atoms with Gasteiger partial charge in [-0.2, -0.15) is 0 Å². The second-order valence-corrected chi connectivity index (χ2v) is 10.1. The van der Waals surface area contributed by atoms with E-state index in [-0.39, 0.29) is 11.4 Å². The summed E-state index contributed by atoms with van der Waals surface area (Å²) in [6.07, 6.45) is 6.19. The van der Waals surface area contributed by atoms with Gasteiger partial charge < -0.3 is 15.1 Å². The molecule has 0 aliphatic heterocycles. The molecular weight excluding hydrogens is 420 g/mol. The summed E-state index contributed by atoms with van der Waals surface area (Å²) in [6.45, 7) is 9.20. The molecule has 1 aromatic heterocycles.